The lowest BCUT2D eigenvalue weighted by atomic mass is 10.0. The number of aliphatic hydroxyl groups is 1. The summed E-state index contributed by atoms with van der Waals surface area (Å²) in [6, 6.07) is 5.61. The Morgan fingerprint density at radius 2 is 1.71 bits per heavy atom. The van der Waals surface area contributed by atoms with E-state index in [9.17, 15) is 0 Å². The van der Waals surface area contributed by atoms with Crippen molar-refractivity contribution in [3.05, 3.63) is 48.5 Å². The van der Waals surface area contributed by atoms with E-state index >= 15 is 0 Å². The molecule has 2 aromatic rings. The summed E-state index contributed by atoms with van der Waals surface area (Å²) in [5.41, 5.74) is 2.86. The van der Waals surface area contributed by atoms with Crippen LogP contribution in [0.5, 0.6) is 0 Å². The lowest BCUT2D eigenvalue weighted by molar-refractivity contribution is 0.282. The lowest BCUT2D eigenvalue weighted by Gasteiger charge is -2.05. The lowest BCUT2D eigenvalue weighted by Crippen LogP contribution is -1.90. The molecule has 0 atom stereocenters. The van der Waals surface area contributed by atoms with Crippen molar-refractivity contribution in [1.82, 2.24) is 9.97 Å². The molecule has 70 valence electrons. The Morgan fingerprint density at radius 1 is 1.00 bits per heavy atom. The third-order valence-corrected chi connectivity index (χ3v) is 2.07. The van der Waals surface area contributed by atoms with Crippen LogP contribution < -0.4 is 0 Å². The first-order valence-electron chi connectivity index (χ1n) is 4.36. The van der Waals surface area contributed by atoms with E-state index in [2.05, 4.69) is 9.97 Å². The Kier molecular flexibility index (Phi) is 2.51. The van der Waals surface area contributed by atoms with Gasteiger partial charge in [-0.15, -0.1) is 0 Å². The van der Waals surface area contributed by atoms with Crippen LogP contribution in [0.4, 0.5) is 0 Å². The molecule has 2 rings (SSSR count). The van der Waals surface area contributed by atoms with Gasteiger partial charge in [0.1, 0.15) is 0 Å². The average molecular weight is 186 g/mol. The molecule has 0 aliphatic heterocycles. The maximum atomic E-state index is 9.14. The minimum absolute atomic E-state index is 0.0280. The summed E-state index contributed by atoms with van der Waals surface area (Å²) in [6.45, 7) is 0.0280. The van der Waals surface area contributed by atoms with Crippen molar-refractivity contribution < 1.29 is 5.11 Å². The second-order valence-corrected chi connectivity index (χ2v) is 2.93. The minimum atomic E-state index is 0.0280. The van der Waals surface area contributed by atoms with Gasteiger partial charge in [0.15, 0.2) is 0 Å². The summed E-state index contributed by atoms with van der Waals surface area (Å²) in [5, 5.41) is 9.14. The summed E-state index contributed by atoms with van der Waals surface area (Å²) in [7, 11) is 0. The molecule has 0 amide bonds. The molecule has 0 aliphatic carbocycles. The zero-order valence-electron chi connectivity index (χ0n) is 7.59. The van der Waals surface area contributed by atoms with Gasteiger partial charge < -0.3 is 5.11 Å². The topological polar surface area (TPSA) is 46.0 Å². The molecule has 0 bridgehead atoms. The van der Waals surface area contributed by atoms with Crippen LogP contribution >= 0.6 is 0 Å². The smallest absolute Gasteiger partial charge is 0.0689 e. The van der Waals surface area contributed by atoms with E-state index < -0.39 is 0 Å². The van der Waals surface area contributed by atoms with Crippen LogP contribution in [0.15, 0.2) is 43.0 Å². The molecule has 0 unspecified atom stereocenters. The first kappa shape index (κ1) is 8.84. The van der Waals surface area contributed by atoms with E-state index in [0.717, 1.165) is 16.7 Å². The second kappa shape index (κ2) is 3.98. The predicted octanol–water partition coefficient (Wildman–Crippen LogP) is 1.64. The number of pyridine rings is 2. The fourth-order valence-electron chi connectivity index (χ4n) is 1.35. The monoisotopic (exact) mass is 186 g/mol. The van der Waals surface area contributed by atoms with E-state index in [1.165, 1.54) is 0 Å². The van der Waals surface area contributed by atoms with E-state index in [4.69, 9.17) is 5.11 Å². The zero-order chi connectivity index (χ0) is 9.80. The molecule has 0 aliphatic rings. The number of aromatic nitrogens is 2. The molecule has 0 saturated carbocycles. The molecule has 0 radical (unpaired) electrons. The van der Waals surface area contributed by atoms with Crippen LogP contribution in [0.1, 0.15) is 5.56 Å². The molecule has 0 spiro atoms. The summed E-state index contributed by atoms with van der Waals surface area (Å²) in [5.74, 6) is 0. The van der Waals surface area contributed by atoms with Crippen molar-refractivity contribution in [2.24, 2.45) is 0 Å². The Bertz CT molecular complexity index is 415. The van der Waals surface area contributed by atoms with Gasteiger partial charge in [0, 0.05) is 30.4 Å². The molecule has 0 fully saturated rings. The molecule has 2 aromatic heterocycles. The van der Waals surface area contributed by atoms with Gasteiger partial charge in [-0.05, 0) is 29.3 Å². The van der Waals surface area contributed by atoms with Gasteiger partial charge in [-0.2, -0.15) is 0 Å². The highest BCUT2D eigenvalue weighted by atomic mass is 16.3. The van der Waals surface area contributed by atoms with Gasteiger partial charge >= 0.3 is 0 Å². The van der Waals surface area contributed by atoms with Crippen LogP contribution in [0.25, 0.3) is 11.1 Å². The van der Waals surface area contributed by atoms with Crippen LogP contribution in [-0.2, 0) is 6.61 Å². The van der Waals surface area contributed by atoms with E-state index in [1.54, 1.807) is 24.8 Å². The fourth-order valence-corrected chi connectivity index (χ4v) is 1.35. The first-order chi connectivity index (χ1) is 6.92. The number of hydrogen-bond donors (Lipinski definition) is 1. The summed E-state index contributed by atoms with van der Waals surface area (Å²) in [4.78, 5) is 7.98. The van der Waals surface area contributed by atoms with Crippen LogP contribution in [0, 0.1) is 0 Å². The summed E-state index contributed by atoms with van der Waals surface area (Å²) in [6.07, 6.45) is 6.88. The molecular weight excluding hydrogens is 176 g/mol. The number of hydrogen-bond acceptors (Lipinski definition) is 3. The third kappa shape index (κ3) is 1.63. The van der Waals surface area contributed by atoms with Gasteiger partial charge in [-0.1, -0.05) is 0 Å². The maximum absolute atomic E-state index is 9.14. The van der Waals surface area contributed by atoms with Crippen molar-refractivity contribution in [3.8, 4) is 11.1 Å². The highest BCUT2D eigenvalue weighted by Gasteiger charge is 2.02. The Morgan fingerprint density at radius 3 is 2.43 bits per heavy atom. The SMILES string of the molecule is OCc1ccncc1-c1ccncc1. The first-order valence-corrected chi connectivity index (χ1v) is 4.36. The Balaban J connectivity index is 2.51. The fraction of sp³-hybridized carbons (Fsp3) is 0.0909. The predicted molar refractivity (Wildman–Crippen MR) is 53.4 cm³/mol. The molecule has 0 saturated heterocycles. The molecule has 3 nitrogen and oxygen atoms in total. The van der Waals surface area contributed by atoms with Crippen molar-refractivity contribution in [3.63, 3.8) is 0 Å². The van der Waals surface area contributed by atoms with Crippen molar-refractivity contribution >= 4 is 0 Å². The van der Waals surface area contributed by atoms with E-state index in [1.807, 2.05) is 18.2 Å². The molecule has 1 N–H and O–H groups in total. The van der Waals surface area contributed by atoms with Crippen molar-refractivity contribution in [1.29, 1.82) is 0 Å². The zero-order valence-corrected chi connectivity index (χ0v) is 7.59. The number of rotatable bonds is 2. The Hall–Kier alpha value is -1.74. The quantitative estimate of drug-likeness (QED) is 0.775. The van der Waals surface area contributed by atoms with Gasteiger partial charge in [0.25, 0.3) is 0 Å². The summed E-state index contributed by atoms with van der Waals surface area (Å²) < 4.78 is 0. The largest absolute Gasteiger partial charge is 0.392 e. The van der Waals surface area contributed by atoms with E-state index in [0.29, 0.717) is 0 Å². The van der Waals surface area contributed by atoms with E-state index in [-0.39, 0.29) is 6.61 Å². The normalized spacial score (nSPS) is 10.1. The average Bonchev–Trinajstić information content (AvgIpc) is 2.30. The maximum Gasteiger partial charge on any atom is 0.0689 e. The highest BCUT2D eigenvalue weighted by molar-refractivity contribution is 5.65. The summed E-state index contributed by atoms with van der Waals surface area (Å²) >= 11 is 0. The van der Waals surface area contributed by atoms with Crippen LogP contribution in [0.2, 0.25) is 0 Å². The van der Waals surface area contributed by atoms with Gasteiger partial charge in [0.05, 0.1) is 6.61 Å². The standard InChI is InChI=1S/C11H10N2O/c14-8-10-3-6-13-7-11(10)9-1-4-12-5-2-9/h1-7,14H,8H2. The highest BCUT2D eigenvalue weighted by Crippen LogP contribution is 2.21. The number of aliphatic hydroxyl groups excluding tert-OH is 1. The third-order valence-electron chi connectivity index (χ3n) is 2.07. The molecule has 2 heterocycles. The molecule has 14 heavy (non-hydrogen) atoms. The van der Waals surface area contributed by atoms with Gasteiger partial charge in [-0.25, -0.2) is 0 Å². The Labute approximate surface area is 82.1 Å². The minimum Gasteiger partial charge on any atom is -0.392 e. The molecular formula is C11H10N2O. The van der Waals surface area contributed by atoms with Crippen LogP contribution in [-0.4, -0.2) is 15.1 Å². The van der Waals surface area contributed by atoms with Crippen LogP contribution in [0.3, 0.4) is 0 Å². The second-order valence-electron chi connectivity index (χ2n) is 2.93. The van der Waals surface area contributed by atoms with Gasteiger partial charge in [0.2, 0.25) is 0 Å². The number of nitrogens with zero attached hydrogens (tertiary/aromatic N) is 2. The van der Waals surface area contributed by atoms with Crippen molar-refractivity contribution in [2.75, 3.05) is 0 Å². The van der Waals surface area contributed by atoms with Crippen molar-refractivity contribution in [2.45, 2.75) is 6.61 Å². The molecule has 0 aromatic carbocycles. The molecule has 3 heteroatoms. The van der Waals surface area contributed by atoms with Gasteiger partial charge in [-0.3, -0.25) is 9.97 Å².